The molecular weight excluding hydrogens is 320 g/mol. The Kier molecular flexibility index (Phi) is 5.06. The van der Waals surface area contributed by atoms with Gasteiger partial charge in [0.2, 0.25) is 0 Å². The van der Waals surface area contributed by atoms with E-state index in [4.69, 9.17) is 0 Å². The van der Waals surface area contributed by atoms with Crippen molar-refractivity contribution in [2.45, 2.75) is 39.2 Å². The zero-order valence-electron chi connectivity index (χ0n) is 14.6. The minimum absolute atomic E-state index is 0.0444. The van der Waals surface area contributed by atoms with Crippen LogP contribution in [0.3, 0.4) is 0 Å². The van der Waals surface area contributed by atoms with Gasteiger partial charge in [-0.25, -0.2) is 0 Å². The van der Waals surface area contributed by atoms with Crippen molar-refractivity contribution in [1.82, 2.24) is 20.4 Å². The molecule has 2 aromatic heterocycles. The number of likely N-dealkylation sites (tertiary alicyclic amines) is 1. The Hall–Kier alpha value is -1.66. The summed E-state index contributed by atoms with van der Waals surface area (Å²) in [6.45, 7) is 9.54. The number of carbonyl (C=O) groups excluding carboxylic acids is 1. The van der Waals surface area contributed by atoms with Gasteiger partial charge in [-0.05, 0) is 56.7 Å². The maximum Gasteiger partial charge on any atom is 0.271 e. The molecule has 2 N–H and O–H groups in total. The third-order valence-electron chi connectivity index (χ3n) is 4.79. The molecule has 2 aromatic rings. The zero-order chi connectivity index (χ0) is 17.2. The maximum atomic E-state index is 12.4. The minimum atomic E-state index is -0.118. The Labute approximate surface area is 147 Å². The van der Waals surface area contributed by atoms with Crippen molar-refractivity contribution >= 4 is 17.2 Å². The summed E-state index contributed by atoms with van der Waals surface area (Å²) in [4.78, 5) is 16.0. The van der Waals surface area contributed by atoms with Gasteiger partial charge < -0.3 is 5.32 Å². The number of aromatic amines is 1. The van der Waals surface area contributed by atoms with E-state index < -0.39 is 0 Å². The van der Waals surface area contributed by atoms with E-state index in [1.54, 1.807) is 11.3 Å². The first kappa shape index (κ1) is 17.2. The lowest BCUT2D eigenvalue weighted by atomic mass is 9.93. The number of thiophene rings is 1. The number of carbonyl (C=O) groups is 1. The first-order chi connectivity index (χ1) is 11.5. The van der Waals surface area contributed by atoms with Gasteiger partial charge in [-0.1, -0.05) is 13.0 Å². The Morgan fingerprint density at radius 1 is 1.54 bits per heavy atom. The van der Waals surface area contributed by atoms with Crippen LogP contribution in [-0.4, -0.2) is 46.2 Å². The molecule has 0 bridgehead atoms. The highest BCUT2D eigenvalue weighted by atomic mass is 32.1. The molecule has 1 aliphatic heterocycles. The zero-order valence-corrected chi connectivity index (χ0v) is 15.4. The second-order valence-electron chi connectivity index (χ2n) is 7.33. The van der Waals surface area contributed by atoms with Crippen molar-refractivity contribution < 1.29 is 4.79 Å². The second-order valence-corrected chi connectivity index (χ2v) is 8.28. The molecule has 0 saturated carbocycles. The van der Waals surface area contributed by atoms with Gasteiger partial charge in [-0.3, -0.25) is 14.8 Å². The first-order valence-electron chi connectivity index (χ1n) is 8.58. The molecule has 130 valence electrons. The van der Waals surface area contributed by atoms with Gasteiger partial charge >= 0.3 is 0 Å². The standard InChI is InChI=1S/C18H26N4OS/c1-13-6-4-8-22(11-13)18(2,3)12-19-17(23)15-10-14(20-21-15)16-7-5-9-24-16/h5,7,9-10,13H,4,6,8,11-12H2,1-3H3,(H,19,23)(H,20,21). The monoisotopic (exact) mass is 346 g/mol. The van der Waals surface area contributed by atoms with Crippen LogP contribution in [0.15, 0.2) is 23.6 Å². The molecule has 1 saturated heterocycles. The first-order valence-corrected chi connectivity index (χ1v) is 9.46. The molecule has 0 aromatic carbocycles. The van der Waals surface area contributed by atoms with Crippen LogP contribution in [0, 0.1) is 5.92 Å². The van der Waals surface area contributed by atoms with Gasteiger partial charge in [0.15, 0.2) is 5.69 Å². The number of amides is 1. The average molecular weight is 347 g/mol. The highest BCUT2D eigenvalue weighted by Crippen LogP contribution is 2.24. The van der Waals surface area contributed by atoms with E-state index in [1.165, 1.54) is 12.8 Å². The molecule has 0 spiro atoms. The molecule has 3 rings (SSSR count). The van der Waals surface area contributed by atoms with Crippen molar-refractivity contribution in [2.24, 2.45) is 5.92 Å². The molecule has 5 nitrogen and oxygen atoms in total. The highest BCUT2D eigenvalue weighted by Gasteiger charge is 2.30. The molecule has 6 heteroatoms. The smallest absolute Gasteiger partial charge is 0.271 e. The summed E-state index contributed by atoms with van der Waals surface area (Å²) in [5.74, 6) is 0.612. The van der Waals surface area contributed by atoms with E-state index in [1.807, 2.05) is 23.6 Å². The Balaban J connectivity index is 1.58. The predicted molar refractivity (Wildman–Crippen MR) is 98.3 cm³/mol. The van der Waals surface area contributed by atoms with Crippen LogP contribution in [0.1, 0.15) is 44.1 Å². The summed E-state index contributed by atoms with van der Waals surface area (Å²) in [6, 6.07) is 5.82. The molecule has 24 heavy (non-hydrogen) atoms. The van der Waals surface area contributed by atoms with Crippen LogP contribution in [0.5, 0.6) is 0 Å². The van der Waals surface area contributed by atoms with E-state index in [2.05, 4.69) is 41.2 Å². The van der Waals surface area contributed by atoms with E-state index in [9.17, 15) is 4.79 Å². The molecule has 1 unspecified atom stereocenters. The highest BCUT2D eigenvalue weighted by molar-refractivity contribution is 7.13. The lowest BCUT2D eigenvalue weighted by Gasteiger charge is -2.43. The third-order valence-corrected chi connectivity index (χ3v) is 5.69. The molecule has 0 aliphatic carbocycles. The number of nitrogens with zero attached hydrogens (tertiary/aromatic N) is 2. The fourth-order valence-electron chi connectivity index (χ4n) is 3.23. The van der Waals surface area contributed by atoms with E-state index in [-0.39, 0.29) is 11.4 Å². The molecule has 1 atom stereocenters. The SMILES string of the molecule is CC1CCCN(C(C)(C)CNC(=O)c2cc(-c3cccs3)[nH]n2)C1. The number of hydrogen-bond acceptors (Lipinski definition) is 4. The van der Waals surface area contributed by atoms with Gasteiger partial charge in [-0.2, -0.15) is 5.10 Å². The van der Waals surface area contributed by atoms with Crippen LogP contribution in [0.4, 0.5) is 0 Å². The average Bonchev–Trinajstić information content (AvgIpc) is 3.23. The van der Waals surface area contributed by atoms with Crippen molar-refractivity contribution in [2.75, 3.05) is 19.6 Å². The lowest BCUT2D eigenvalue weighted by molar-refractivity contribution is 0.0656. The summed E-state index contributed by atoms with van der Waals surface area (Å²) in [6.07, 6.45) is 2.54. The molecule has 1 aliphatic rings. The maximum absolute atomic E-state index is 12.4. The van der Waals surface area contributed by atoms with Gasteiger partial charge in [-0.15, -0.1) is 11.3 Å². The number of nitrogens with one attached hydrogen (secondary N) is 2. The number of rotatable bonds is 5. The normalized spacial score (nSPS) is 19.4. The Morgan fingerprint density at radius 3 is 3.08 bits per heavy atom. The molecule has 0 radical (unpaired) electrons. The van der Waals surface area contributed by atoms with Crippen molar-refractivity contribution in [3.63, 3.8) is 0 Å². The number of H-pyrrole nitrogens is 1. The van der Waals surface area contributed by atoms with Crippen molar-refractivity contribution in [3.8, 4) is 10.6 Å². The number of aromatic nitrogens is 2. The molecule has 1 fully saturated rings. The van der Waals surface area contributed by atoms with Crippen LogP contribution < -0.4 is 5.32 Å². The third kappa shape index (κ3) is 3.87. The van der Waals surface area contributed by atoms with Gasteiger partial charge in [0.25, 0.3) is 5.91 Å². The second kappa shape index (κ2) is 7.07. The van der Waals surface area contributed by atoms with Crippen LogP contribution in [0.25, 0.3) is 10.6 Å². The van der Waals surface area contributed by atoms with Crippen LogP contribution in [-0.2, 0) is 0 Å². The summed E-state index contributed by atoms with van der Waals surface area (Å²) >= 11 is 1.63. The largest absolute Gasteiger partial charge is 0.349 e. The van der Waals surface area contributed by atoms with E-state index >= 15 is 0 Å². The van der Waals surface area contributed by atoms with Gasteiger partial charge in [0, 0.05) is 18.6 Å². The fourth-order valence-corrected chi connectivity index (χ4v) is 3.93. The van der Waals surface area contributed by atoms with Crippen LogP contribution in [0.2, 0.25) is 0 Å². The minimum Gasteiger partial charge on any atom is -0.349 e. The summed E-state index contributed by atoms with van der Waals surface area (Å²) in [5.41, 5.74) is 1.29. The van der Waals surface area contributed by atoms with Crippen LogP contribution >= 0.6 is 11.3 Å². The molecule has 3 heterocycles. The Morgan fingerprint density at radius 2 is 2.38 bits per heavy atom. The lowest BCUT2D eigenvalue weighted by Crippen LogP contribution is -2.54. The van der Waals surface area contributed by atoms with Crippen molar-refractivity contribution in [3.05, 3.63) is 29.3 Å². The quantitative estimate of drug-likeness (QED) is 0.872. The summed E-state index contributed by atoms with van der Waals surface area (Å²) in [5, 5.41) is 12.2. The van der Waals surface area contributed by atoms with E-state index in [0.717, 1.165) is 29.6 Å². The Bertz CT molecular complexity index is 677. The fraction of sp³-hybridized carbons (Fsp3) is 0.556. The number of hydrogen-bond donors (Lipinski definition) is 2. The van der Waals surface area contributed by atoms with E-state index in [0.29, 0.717) is 12.2 Å². The van der Waals surface area contributed by atoms with Gasteiger partial charge in [0.1, 0.15) is 0 Å². The topological polar surface area (TPSA) is 61.0 Å². The molecular formula is C18H26N4OS. The van der Waals surface area contributed by atoms with Gasteiger partial charge in [0.05, 0.1) is 10.6 Å². The molecule has 1 amide bonds. The summed E-state index contributed by atoms with van der Waals surface area (Å²) < 4.78 is 0. The predicted octanol–water partition coefficient (Wildman–Crippen LogP) is 3.38. The summed E-state index contributed by atoms with van der Waals surface area (Å²) in [7, 11) is 0. The number of piperidine rings is 1. The van der Waals surface area contributed by atoms with Crippen molar-refractivity contribution in [1.29, 1.82) is 0 Å².